The van der Waals surface area contributed by atoms with Crippen LogP contribution in [0.25, 0.3) is 0 Å². The van der Waals surface area contributed by atoms with Crippen LogP contribution in [0.15, 0.2) is 0 Å². The zero-order chi connectivity index (χ0) is 16.2. The molecule has 1 unspecified atom stereocenters. The van der Waals surface area contributed by atoms with Crippen molar-refractivity contribution in [2.24, 2.45) is 17.6 Å². The van der Waals surface area contributed by atoms with Crippen LogP contribution in [0.4, 0.5) is 0 Å². The Balaban J connectivity index is 2.33. The maximum absolute atomic E-state index is 11.8. The largest absolute Gasteiger partial charge is 0.377 e. The van der Waals surface area contributed by atoms with Crippen LogP contribution in [-0.4, -0.2) is 31.7 Å². The maximum atomic E-state index is 11.8. The van der Waals surface area contributed by atoms with Crippen molar-refractivity contribution in [2.45, 2.75) is 77.7 Å². The molecule has 1 saturated heterocycles. The molecular weight excluding hydrogens is 276 g/mol. The Kier molecular flexibility index (Phi) is 10.5. The summed E-state index contributed by atoms with van der Waals surface area (Å²) < 4.78 is 6.06. The monoisotopic (exact) mass is 312 g/mol. The van der Waals surface area contributed by atoms with Gasteiger partial charge >= 0.3 is 0 Å². The standard InChI is InChI=1S/C18H36N2O2/c1-3-5-7-8-10-12-22-17-14-20-13-16(17)15(18(19)21)11-9-6-4-2/h15-17,20H,3-14H2,1-2H3,(H2,19,21)/t15?,16-,17-/m0/s1. The predicted molar refractivity (Wildman–Crippen MR) is 91.7 cm³/mol. The molecule has 0 bridgehead atoms. The summed E-state index contributed by atoms with van der Waals surface area (Å²) >= 11 is 0. The SMILES string of the molecule is CCCCCCCO[C@H]1CNC[C@H]1C(CCCCC)C(N)=O. The lowest BCUT2D eigenvalue weighted by Gasteiger charge is -2.26. The van der Waals surface area contributed by atoms with E-state index in [1.165, 1.54) is 38.5 Å². The number of unbranched alkanes of at least 4 members (excludes halogenated alkanes) is 6. The van der Waals surface area contributed by atoms with Gasteiger partial charge in [-0.05, 0) is 12.8 Å². The Morgan fingerprint density at radius 1 is 1.09 bits per heavy atom. The minimum Gasteiger partial charge on any atom is -0.377 e. The van der Waals surface area contributed by atoms with Crippen molar-refractivity contribution < 1.29 is 9.53 Å². The number of nitrogens with one attached hydrogen (secondary N) is 1. The Morgan fingerprint density at radius 3 is 2.45 bits per heavy atom. The van der Waals surface area contributed by atoms with E-state index in [1.54, 1.807) is 0 Å². The summed E-state index contributed by atoms with van der Waals surface area (Å²) in [7, 11) is 0. The molecule has 1 heterocycles. The highest BCUT2D eigenvalue weighted by Crippen LogP contribution is 2.27. The van der Waals surface area contributed by atoms with Crippen molar-refractivity contribution in [3.63, 3.8) is 0 Å². The van der Waals surface area contributed by atoms with Gasteiger partial charge in [0, 0.05) is 31.5 Å². The van der Waals surface area contributed by atoms with Crippen LogP contribution in [-0.2, 0) is 9.53 Å². The first-order valence-corrected chi connectivity index (χ1v) is 9.32. The fraction of sp³-hybridized carbons (Fsp3) is 0.944. The average Bonchev–Trinajstić information content (AvgIpc) is 2.95. The van der Waals surface area contributed by atoms with E-state index in [0.29, 0.717) is 0 Å². The van der Waals surface area contributed by atoms with Crippen LogP contribution in [0.3, 0.4) is 0 Å². The van der Waals surface area contributed by atoms with Crippen molar-refractivity contribution in [2.75, 3.05) is 19.7 Å². The predicted octanol–water partition coefficient (Wildman–Crippen LogP) is 3.24. The molecule has 0 spiro atoms. The third-order valence-corrected chi connectivity index (χ3v) is 4.78. The second kappa shape index (κ2) is 11.9. The van der Waals surface area contributed by atoms with Crippen molar-refractivity contribution in [3.05, 3.63) is 0 Å². The number of carbonyl (C=O) groups excluding carboxylic acids is 1. The summed E-state index contributed by atoms with van der Waals surface area (Å²) in [5, 5.41) is 3.38. The zero-order valence-electron chi connectivity index (χ0n) is 14.6. The van der Waals surface area contributed by atoms with E-state index in [1.807, 2.05) is 0 Å². The van der Waals surface area contributed by atoms with Gasteiger partial charge in [-0.3, -0.25) is 4.79 Å². The van der Waals surface area contributed by atoms with Crippen molar-refractivity contribution >= 4 is 5.91 Å². The van der Waals surface area contributed by atoms with E-state index in [2.05, 4.69) is 19.2 Å². The van der Waals surface area contributed by atoms with Crippen LogP contribution < -0.4 is 11.1 Å². The molecule has 4 heteroatoms. The summed E-state index contributed by atoms with van der Waals surface area (Å²) in [6, 6.07) is 0. The summed E-state index contributed by atoms with van der Waals surface area (Å²) in [6.07, 6.45) is 10.8. The fourth-order valence-corrected chi connectivity index (χ4v) is 3.38. The molecule has 4 nitrogen and oxygen atoms in total. The minimum absolute atomic E-state index is 0.0355. The van der Waals surface area contributed by atoms with Gasteiger partial charge in [0.1, 0.15) is 0 Å². The molecule has 0 aliphatic carbocycles. The van der Waals surface area contributed by atoms with Gasteiger partial charge < -0.3 is 15.8 Å². The summed E-state index contributed by atoms with van der Waals surface area (Å²) in [5.41, 5.74) is 5.65. The first-order valence-electron chi connectivity index (χ1n) is 9.32. The molecule has 0 aromatic rings. The quantitative estimate of drug-likeness (QED) is 0.513. The van der Waals surface area contributed by atoms with E-state index in [4.69, 9.17) is 10.5 Å². The number of rotatable bonds is 13. The molecule has 0 saturated carbocycles. The molecule has 1 aliphatic rings. The zero-order valence-corrected chi connectivity index (χ0v) is 14.6. The number of hydrogen-bond donors (Lipinski definition) is 2. The first-order chi connectivity index (χ1) is 10.7. The lowest BCUT2D eigenvalue weighted by Crippen LogP contribution is -2.37. The molecule has 3 atom stereocenters. The summed E-state index contributed by atoms with van der Waals surface area (Å²) in [6.45, 7) is 6.94. The van der Waals surface area contributed by atoms with Gasteiger partial charge in [-0.2, -0.15) is 0 Å². The summed E-state index contributed by atoms with van der Waals surface area (Å²) in [4.78, 5) is 11.8. The van der Waals surface area contributed by atoms with Gasteiger partial charge in [0.05, 0.1) is 6.10 Å². The van der Waals surface area contributed by atoms with Crippen LogP contribution in [0, 0.1) is 11.8 Å². The molecule has 0 radical (unpaired) electrons. The van der Waals surface area contributed by atoms with E-state index in [9.17, 15) is 4.79 Å². The second-order valence-electron chi connectivity index (χ2n) is 6.65. The molecule has 22 heavy (non-hydrogen) atoms. The highest BCUT2D eigenvalue weighted by atomic mass is 16.5. The van der Waals surface area contributed by atoms with Gasteiger partial charge in [0.15, 0.2) is 0 Å². The third kappa shape index (κ3) is 7.10. The van der Waals surface area contributed by atoms with Crippen LogP contribution in [0.5, 0.6) is 0 Å². The highest BCUT2D eigenvalue weighted by Gasteiger charge is 2.36. The average molecular weight is 312 g/mol. The van der Waals surface area contributed by atoms with Gasteiger partial charge in [0.25, 0.3) is 0 Å². The Hall–Kier alpha value is -0.610. The molecule has 1 fully saturated rings. The molecular formula is C18H36N2O2. The van der Waals surface area contributed by atoms with Gasteiger partial charge in [-0.15, -0.1) is 0 Å². The lowest BCUT2D eigenvalue weighted by molar-refractivity contribution is -0.125. The molecule has 3 N–H and O–H groups in total. The van der Waals surface area contributed by atoms with E-state index < -0.39 is 0 Å². The molecule has 0 aromatic carbocycles. The van der Waals surface area contributed by atoms with Crippen molar-refractivity contribution in [1.82, 2.24) is 5.32 Å². The van der Waals surface area contributed by atoms with Crippen molar-refractivity contribution in [1.29, 1.82) is 0 Å². The minimum atomic E-state index is -0.152. The number of primary amides is 1. The number of ether oxygens (including phenoxy) is 1. The van der Waals surface area contributed by atoms with Crippen molar-refractivity contribution in [3.8, 4) is 0 Å². The number of hydrogen-bond acceptors (Lipinski definition) is 3. The van der Waals surface area contributed by atoms with Crippen LogP contribution >= 0.6 is 0 Å². The van der Waals surface area contributed by atoms with Crippen LogP contribution in [0.1, 0.15) is 71.6 Å². The molecule has 130 valence electrons. The van der Waals surface area contributed by atoms with Gasteiger partial charge in [-0.25, -0.2) is 0 Å². The van der Waals surface area contributed by atoms with Gasteiger partial charge in [0.2, 0.25) is 5.91 Å². The normalized spacial score (nSPS) is 22.8. The van der Waals surface area contributed by atoms with E-state index >= 15 is 0 Å². The Morgan fingerprint density at radius 2 is 1.77 bits per heavy atom. The van der Waals surface area contributed by atoms with Crippen LogP contribution in [0.2, 0.25) is 0 Å². The van der Waals surface area contributed by atoms with E-state index in [-0.39, 0.29) is 23.8 Å². The first kappa shape index (κ1) is 19.4. The maximum Gasteiger partial charge on any atom is 0.220 e. The number of carbonyl (C=O) groups is 1. The lowest BCUT2D eigenvalue weighted by atomic mass is 9.85. The third-order valence-electron chi connectivity index (χ3n) is 4.78. The number of amides is 1. The fourth-order valence-electron chi connectivity index (χ4n) is 3.38. The smallest absolute Gasteiger partial charge is 0.220 e. The summed E-state index contributed by atoms with van der Waals surface area (Å²) in [5.74, 6) is 0.0676. The molecule has 1 aliphatic heterocycles. The Labute approximate surface area is 136 Å². The molecule has 1 amide bonds. The number of nitrogens with two attached hydrogens (primary N) is 1. The molecule has 1 rings (SSSR count). The van der Waals surface area contributed by atoms with Gasteiger partial charge in [-0.1, -0.05) is 58.8 Å². The molecule has 0 aromatic heterocycles. The highest BCUT2D eigenvalue weighted by molar-refractivity contribution is 5.77. The second-order valence-corrected chi connectivity index (χ2v) is 6.65. The Bertz CT molecular complexity index is 297. The van der Waals surface area contributed by atoms with E-state index in [0.717, 1.165) is 39.0 Å². The topological polar surface area (TPSA) is 64.3 Å².